The molecule has 0 aliphatic carbocycles. The summed E-state index contributed by atoms with van der Waals surface area (Å²) in [6.45, 7) is 3.83. The first-order valence-electron chi connectivity index (χ1n) is 5.54. The third-order valence-corrected chi connectivity index (χ3v) is 2.51. The van der Waals surface area contributed by atoms with Crippen molar-refractivity contribution in [2.24, 2.45) is 5.73 Å². The molecule has 0 fully saturated rings. The summed E-state index contributed by atoms with van der Waals surface area (Å²) in [6, 6.07) is 5.57. The van der Waals surface area contributed by atoms with E-state index in [1.54, 1.807) is 6.07 Å². The second-order valence-electron chi connectivity index (χ2n) is 3.57. The van der Waals surface area contributed by atoms with E-state index in [1.165, 1.54) is 0 Å². The van der Waals surface area contributed by atoms with E-state index in [9.17, 15) is 4.79 Å². The lowest BCUT2D eigenvalue weighted by Gasteiger charge is -2.12. The van der Waals surface area contributed by atoms with Gasteiger partial charge in [-0.2, -0.15) is 0 Å². The van der Waals surface area contributed by atoms with E-state index < -0.39 is 0 Å². The van der Waals surface area contributed by atoms with Crippen molar-refractivity contribution in [1.82, 2.24) is 5.32 Å². The van der Waals surface area contributed by atoms with Crippen LogP contribution in [0.25, 0.3) is 0 Å². The first-order valence-corrected chi connectivity index (χ1v) is 5.92. The van der Waals surface area contributed by atoms with Gasteiger partial charge in [0.2, 0.25) is 5.91 Å². The molecule has 5 heteroatoms. The molecule has 0 saturated carbocycles. The number of carbonyl (C=O) groups excluding carboxylic acids is 1. The molecule has 0 heterocycles. The van der Waals surface area contributed by atoms with E-state index in [4.69, 9.17) is 22.1 Å². The number of nitrogens with two attached hydrogens (primary N) is 1. The number of primary amides is 1. The van der Waals surface area contributed by atoms with Crippen molar-refractivity contribution in [3.63, 3.8) is 0 Å². The largest absolute Gasteiger partial charge is 0.491 e. The minimum absolute atomic E-state index is 0.186. The fraction of sp³-hybridized carbons (Fsp3) is 0.417. The minimum Gasteiger partial charge on any atom is -0.491 e. The van der Waals surface area contributed by atoms with Crippen LogP contribution in [0.2, 0.25) is 5.02 Å². The Morgan fingerprint density at radius 2 is 2.29 bits per heavy atom. The lowest BCUT2D eigenvalue weighted by Crippen LogP contribution is -2.16. The monoisotopic (exact) mass is 256 g/mol. The second-order valence-corrected chi connectivity index (χ2v) is 3.98. The van der Waals surface area contributed by atoms with Crippen LogP contribution in [0.5, 0.6) is 5.75 Å². The molecular formula is C12H17ClN2O2. The van der Waals surface area contributed by atoms with Gasteiger partial charge in [0.1, 0.15) is 5.75 Å². The van der Waals surface area contributed by atoms with Crippen LogP contribution < -0.4 is 15.8 Å². The number of carbonyl (C=O) groups is 1. The predicted molar refractivity (Wildman–Crippen MR) is 68.1 cm³/mol. The molecule has 17 heavy (non-hydrogen) atoms. The van der Waals surface area contributed by atoms with Crippen molar-refractivity contribution in [1.29, 1.82) is 0 Å². The molecule has 0 bridgehead atoms. The average molecular weight is 257 g/mol. The third kappa shape index (κ3) is 4.63. The van der Waals surface area contributed by atoms with E-state index in [-0.39, 0.29) is 18.9 Å². The third-order valence-electron chi connectivity index (χ3n) is 2.21. The molecule has 94 valence electrons. The quantitative estimate of drug-likeness (QED) is 0.781. The van der Waals surface area contributed by atoms with Crippen LogP contribution in [0.3, 0.4) is 0 Å². The van der Waals surface area contributed by atoms with E-state index in [0.29, 0.717) is 17.3 Å². The Hall–Kier alpha value is -1.26. The number of ether oxygens (including phenoxy) is 1. The Bertz CT molecular complexity index is 383. The summed E-state index contributed by atoms with van der Waals surface area (Å²) in [4.78, 5) is 10.6. The van der Waals surface area contributed by atoms with Gasteiger partial charge in [0.15, 0.2) is 0 Å². The maximum Gasteiger partial charge on any atom is 0.220 e. The van der Waals surface area contributed by atoms with E-state index in [0.717, 1.165) is 12.1 Å². The Morgan fingerprint density at radius 3 is 2.94 bits per heavy atom. The summed E-state index contributed by atoms with van der Waals surface area (Å²) in [5.41, 5.74) is 6.02. The van der Waals surface area contributed by atoms with E-state index in [2.05, 4.69) is 5.32 Å². The molecule has 0 aliphatic rings. The average Bonchev–Trinajstić information content (AvgIpc) is 2.29. The van der Waals surface area contributed by atoms with Gasteiger partial charge in [-0.15, -0.1) is 0 Å². The molecule has 0 saturated heterocycles. The van der Waals surface area contributed by atoms with Crippen LogP contribution in [0.1, 0.15) is 18.9 Å². The standard InChI is InChI=1S/C12H17ClN2O2/c1-2-15-8-9-4-3-5-10(13)12(9)17-7-6-11(14)16/h3-5,15H,2,6-8H2,1H3,(H2,14,16). The second kappa shape index (κ2) is 7.14. The first-order chi connectivity index (χ1) is 8.15. The first kappa shape index (κ1) is 13.8. The summed E-state index contributed by atoms with van der Waals surface area (Å²) < 4.78 is 5.50. The number of amides is 1. The molecule has 1 rings (SSSR count). The maximum absolute atomic E-state index is 10.6. The Balaban J connectivity index is 2.69. The number of para-hydroxylation sites is 1. The Kier molecular flexibility index (Phi) is 5.80. The number of hydrogen-bond acceptors (Lipinski definition) is 3. The summed E-state index contributed by atoms with van der Waals surface area (Å²) in [7, 11) is 0. The van der Waals surface area contributed by atoms with Crippen LogP contribution in [0, 0.1) is 0 Å². The smallest absolute Gasteiger partial charge is 0.220 e. The van der Waals surface area contributed by atoms with Crippen LogP contribution in [-0.2, 0) is 11.3 Å². The summed E-state index contributed by atoms with van der Waals surface area (Å²) in [5.74, 6) is 0.238. The lowest BCUT2D eigenvalue weighted by atomic mass is 10.2. The summed E-state index contributed by atoms with van der Waals surface area (Å²) in [5, 5.41) is 3.75. The van der Waals surface area contributed by atoms with Crippen LogP contribution in [0.15, 0.2) is 18.2 Å². The van der Waals surface area contributed by atoms with Crippen molar-refractivity contribution < 1.29 is 9.53 Å². The van der Waals surface area contributed by atoms with Crippen molar-refractivity contribution in [3.05, 3.63) is 28.8 Å². The number of rotatable bonds is 7. The predicted octanol–water partition coefficient (Wildman–Crippen LogP) is 1.70. The molecule has 3 N–H and O–H groups in total. The highest BCUT2D eigenvalue weighted by molar-refractivity contribution is 6.32. The molecule has 0 aromatic heterocycles. The fourth-order valence-electron chi connectivity index (χ4n) is 1.37. The number of nitrogens with one attached hydrogen (secondary N) is 1. The molecule has 0 radical (unpaired) electrons. The molecule has 1 aromatic carbocycles. The van der Waals surface area contributed by atoms with Crippen LogP contribution >= 0.6 is 11.6 Å². The molecule has 1 aromatic rings. The zero-order valence-corrected chi connectivity index (χ0v) is 10.6. The van der Waals surface area contributed by atoms with Crippen LogP contribution in [-0.4, -0.2) is 19.1 Å². The molecule has 0 atom stereocenters. The molecule has 0 unspecified atom stereocenters. The molecule has 0 spiro atoms. The molecule has 0 aliphatic heterocycles. The zero-order valence-electron chi connectivity index (χ0n) is 9.83. The minimum atomic E-state index is -0.384. The van der Waals surface area contributed by atoms with Crippen molar-refractivity contribution in [2.75, 3.05) is 13.2 Å². The van der Waals surface area contributed by atoms with E-state index in [1.807, 2.05) is 19.1 Å². The van der Waals surface area contributed by atoms with Gasteiger partial charge in [-0.3, -0.25) is 4.79 Å². The molecule has 4 nitrogen and oxygen atoms in total. The maximum atomic E-state index is 10.6. The number of halogens is 1. The highest BCUT2D eigenvalue weighted by Crippen LogP contribution is 2.28. The number of hydrogen-bond donors (Lipinski definition) is 2. The van der Waals surface area contributed by atoms with Crippen molar-refractivity contribution in [2.45, 2.75) is 19.9 Å². The molecule has 1 amide bonds. The SMILES string of the molecule is CCNCc1cccc(Cl)c1OCCC(N)=O. The normalized spacial score (nSPS) is 10.2. The van der Waals surface area contributed by atoms with Gasteiger partial charge in [0.05, 0.1) is 18.1 Å². The van der Waals surface area contributed by atoms with Gasteiger partial charge < -0.3 is 15.8 Å². The number of benzene rings is 1. The van der Waals surface area contributed by atoms with Gasteiger partial charge in [0.25, 0.3) is 0 Å². The summed E-state index contributed by atoms with van der Waals surface area (Å²) in [6.07, 6.45) is 0.186. The molecular weight excluding hydrogens is 240 g/mol. The van der Waals surface area contributed by atoms with Crippen molar-refractivity contribution in [3.8, 4) is 5.75 Å². The van der Waals surface area contributed by atoms with Crippen LogP contribution in [0.4, 0.5) is 0 Å². The highest BCUT2D eigenvalue weighted by Gasteiger charge is 2.08. The van der Waals surface area contributed by atoms with Gasteiger partial charge >= 0.3 is 0 Å². The van der Waals surface area contributed by atoms with Crippen molar-refractivity contribution >= 4 is 17.5 Å². The summed E-state index contributed by atoms with van der Waals surface area (Å²) >= 11 is 6.05. The van der Waals surface area contributed by atoms with Gasteiger partial charge in [-0.05, 0) is 12.6 Å². The van der Waals surface area contributed by atoms with Gasteiger partial charge in [-0.25, -0.2) is 0 Å². The lowest BCUT2D eigenvalue weighted by molar-refractivity contribution is -0.118. The Morgan fingerprint density at radius 1 is 1.53 bits per heavy atom. The van der Waals surface area contributed by atoms with E-state index >= 15 is 0 Å². The zero-order chi connectivity index (χ0) is 12.7. The highest BCUT2D eigenvalue weighted by atomic mass is 35.5. The fourth-order valence-corrected chi connectivity index (χ4v) is 1.62. The van der Waals surface area contributed by atoms with Gasteiger partial charge in [-0.1, -0.05) is 30.7 Å². The van der Waals surface area contributed by atoms with Gasteiger partial charge in [0, 0.05) is 12.1 Å². The Labute approximate surface area is 106 Å². The topological polar surface area (TPSA) is 64.3 Å².